The van der Waals surface area contributed by atoms with Gasteiger partial charge in [0.05, 0.1) is 5.75 Å². The smallest absolute Gasteiger partial charge is 0.237 e. The lowest BCUT2D eigenvalue weighted by atomic mass is 10.0. The summed E-state index contributed by atoms with van der Waals surface area (Å²) in [5.41, 5.74) is 6.63. The molecule has 0 unspecified atom stereocenters. The van der Waals surface area contributed by atoms with E-state index in [0.717, 1.165) is 28.2 Å². The summed E-state index contributed by atoms with van der Waals surface area (Å²) in [6.45, 7) is 4.11. The molecule has 0 atom stereocenters. The fraction of sp³-hybridized carbons (Fsp3) is 0.154. The zero-order valence-electron chi connectivity index (χ0n) is 18.3. The number of hydrogen-bond acceptors (Lipinski definition) is 5. The molecule has 0 saturated carbocycles. The minimum Gasteiger partial charge on any atom is -0.315 e. The molecule has 0 saturated heterocycles. The summed E-state index contributed by atoms with van der Waals surface area (Å²) in [6.07, 6.45) is 0. The van der Waals surface area contributed by atoms with Crippen LogP contribution in [-0.2, 0) is 4.79 Å². The molecule has 1 aromatic heterocycles. The molecule has 6 heteroatoms. The van der Waals surface area contributed by atoms with E-state index in [1.165, 1.54) is 22.9 Å². The highest BCUT2D eigenvalue weighted by atomic mass is 32.2. The highest BCUT2D eigenvalue weighted by molar-refractivity contribution is 7.99. The fourth-order valence-electron chi connectivity index (χ4n) is 3.21. The highest BCUT2D eigenvalue weighted by Crippen LogP contribution is 2.30. The Labute approximate surface area is 192 Å². The van der Waals surface area contributed by atoms with Gasteiger partial charge in [-0.05, 0) is 26.0 Å². The summed E-state index contributed by atoms with van der Waals surface area (Å²) >= 11 is 1.29. The maximum atomic E-state index is 12.7. The Hall–Kier alpha value is -3.51. The number of amides is 1. The Bertz CT molecular complexity index is 1210. The van der Waals surface area contributed by atoms with Gasteiger partial charge in [-0.3, -0.25) is 4.79 Å². The van der Waals surface area contributed by atoms with Gasteiger partial charge in [0.1, 0.15) is 11.4 Å². The normalized spacial score (nSPS) is 10.7. The average Bonchev–Trinajstić information content (AvgIpc) is 2.83. The van der Waals surface area contributed by atoms with Crippen molar-refractivity contribution in [2.75, 3.05) is 17.7 Å². The van der Waals surface area contributed by atoms with Crippen LogP contribution in [0.4, 0.5) is 5.69 Å². The van der Waals surface area contributed by atoms with Crippen LogP contribution in [0.1, 0.15) is 11.1 Å². The second kappa shape index (κ2) is 9.75. The number of thioether (sulfide) groups is 1. The van der Waals surface area contributed by atoms with E-state index in [-0.39, 0.29) is 11.7 Å². The third-order valence-corrected chi connectivity index (χ3v) is 5.98. The number of carbonyl (C=O) groups excluding carboxylic acids is 1. The first kappa shape index (κ1) is 21.7. The third-order valence-electron chi connectivity index (χ3n) is 5.16. The van der Waals surface area contributed by atoms with E-state index >= 15 is 0 Å². The monoisotopic (exact) mass is 440 g/mol. The van der Waals surface area contributed by atoms with Crippen LogP contribution in [0.2, 0.25) is 0 Å². The molecular weight excluding hydrogens is 416 g/mol. The summed E-state index contributed by atoms with van der Waals surface area (Å²) in [4.78, 5) is 19.1. The quantitative estimate of drug-likeness (QED) is 0.367. The van der Waals surface area contributed by atoms with Crippen molar-refractivity contribution in [3.05, 3.63) is 90.0 Å². The molecule has 0 fully saturated rings. The zero-order chi connectivity index (χ0) is 22.5. The van der Waals surface area contributed by atoms with Crippen LogP contribution < -0.4 is 4.90 Å². The molecule has 4 rings (SSSR count). The van der Waals surface area contributed by atoms with Crippen molar-refractivity contribution in [2.24, 2.45) is 0 Å². The first-order valence-electron chi connectivity index (χ1n) is 10.3. The summed E-state index contributed by atoms with van der Waals surface area (Å²) < 4.78 is 0. The predicted molar refractivity (Wildman–Crippen MR) is 131 cm³/mol. The molecule has 160 valence electrons. The molecule has 0 bridgehead atoms. The summed E-state index contributed by atoms with van der Waals surface area (Å²) in [6, 6.07) is 25.9. The molecule has 32 heavy (non-hydrogen) atoms. The second-order valence-electron chi connectivity index (χ2n) is 7.60. The molecule has 0 N–H and O–H groups in total. The van der Waals surface area contributed by atoms with Crippen molar-refractivity contribution >= 4 is 23.4 Å². The van der Waals surface area contributed by atoms with Crippen LogP contribution in [0.3, 0.4) is 0 Å². The maximum absolute atomic E-state index is 12.7. The SMILES string of the molecule is Cc1ccc(-c2nnc(SCC(=O)N(C)c3ccccc3)nc2-c2ccc(C)cc2)cc1. The van der Waals surface area contributed by atoms with Crippen molar-refractivity contribution in [1.29, 1.82) is 0 Å². The standard InChI is InChI=1S/C26H24N4OS/c1-18-9-13-20(14-10-18)24-25(21-15-11-19(2)12-16-21)28-29-26(27-24)32-17-23(31)30(3)22-7-5-4-6-8-22/h4-16H,17H2,1-3H3. The number of carbonyl (C=O) groups is 1. The average molecular weight is 441 g/mol. The fourth-order valence-corrected chi connectivity index (χ4v) is 3.91. The lowest BCUT2D eigenvalue weighted by molar-refractivity contribution is -0.115. The van der Waals surface area contributed by atoms with Crippen LogP contribution in [0.25, 0.3) is 22.5 Å². The van der Waals surface area contributed by atoms with Crippen molar-refractivity contribution in [1.82, 2.24) is 15.2 Å². The maximum Gasteiger partial charge on any atom is 0.237 e. The van der Waals surface area contributed by atoms with Gasteiger partial charge in [-0.2, -0.15) is 0 Å². The van der Waals surface area contributed by atoms with Crippen LogP contribution in [0.5, 0.6) is 0 Å². The number of nitrogens with zero attached hydrogens (tertiary/aromatic N) is 4. The number of aromatic nitrogens is 3. The molecule has 1 heterocycles. The molecule has 0 radical (unpaired) electrons. The van der Waals surface area contributed by atoms with Crippen molar-refractivity contribution in [2.45, 2.75) is 19.0 Å². The molecule has 0 aliphatic rings. The van der Waals surface area contributed by atoms with E-state index < -0.39 is 0 Å². The number of para-hydroxylation sites is 1. The van der Waals surface area contributed by atoms with Crippen molar-refractivity contribution in [3.63, 3.8) is 0 Å². The lowest BCUT2D eigenvalue weighted by Gasteiger charge is -2.16. The van der Waals surface area contributed by atoms with E-state index in [2.05, 4.69) is 48.3 Å². The number of anilines is 1. The minimum atomic E-state index is -0.0238. The van der Waals surface area contributed by atoms with E-state index in [0.29, 0.717) is 5.16 Å². The van der Waals surface area contributed by atoms with E-state index in [1.54, 1.807) is 11.9 Å². The highest BCUT2D eigenvalue weighted by Gasteiger charge is 2.16. The molecule has 0 spiro atoms. The van der Waals surface area contributed by atoms with Gasteiger partial charge in [0.2, 0.25) is 11.1 Å². The van der Waals surface area contributed by atoms with E-state index in [1.807, 2.05) is 54.6 Å². The minimum absolute atomic E-state index is 0.0238. The van der Waals surface area contributed by atoms with Gasteiger partial charge in [0.25, 0.3) is 0 Å². The van der Waals surface area contributed by atoms with Crippen LogP contribution >= 0.6 is 11.8 Å². The van der Waals surface area contributed by atoms with Crippen molar-refractivity contribution < 1.29 is 4.79 Å². The largest absolute Gasteiger partial charge is 0.315 e. The van der Waals surface area contributed by atoms with E-state index in [9.17, 15) is 4.79 Å². The number of rotatable bonds is 6. The summed E-state index contributed by atoms with van der Waals surface area (Å²) in [5.74, 6) is 0.203. The lowest BCUT2D eigenvalue weighted by Crippen LogP contribution is -2.27. The van der Waals surface area contributed by atoms with Gasteiger partial charge in [-0.1, -0.05) is 89.6 Å². The van der Waals surface area contributed by atoms with Crippen LogP contribution in [0, 0.1) is 13.8 Å². The van der Waals surface area contributed by atoms with Gasteiger partial charge in [-0.15, -0.1) is 10.2 Å². The molecule has 1 amide bonds. The second-order valence-corrected chi connectivity index (χ2v) is 8.54. The van der Waals surface area contributed by atoms with Gasteiger partial charge in [0.15, 0.2) is 0 Å². The van der Waals surface area contributed by atoms with Gasteiger partial charge >= 0.3 is 0 Å². The first-order chi connectivity index (χ1) is 15.5. The number of benzene rings is 3. The summed E-state index contributed by atoms with van der Waals surface area (Å²) in [5, 5.41) is 9.29. The number of aryl methyl sites for hydroxylation is 2. The van der Waals surface area contributed by atoms with Crippen LogP contribution in [-0.4, -0.2) is 33.9 Å². The Balaban J connectivity index is 1.61. The molecule has 0 aliphatic heterocycles. The molecule has 3 aromatic carbocycles. The predicted octanol–water partition coefficient (Wildman–Crippen LogP) is 5.58. The van der Waals surface area contributed by atoms with Gasteiger partial charge in [0, 0.05) is 23.9 Å². The van der Waals surface area contributed by atoms with Crippen LogP contribution in [0.15, 0.2) is 84.0 Å². The van der Waals surface area contributed by atoms with Gasteiger partial charge in [-0.25, -0.2) is 4.98 Å². The first-order valence-corrected chi connectivity index (χ1v) is 11.3. The Kier molecular flexibility index (Phi) is 6.61. The Morgan fingerprint density at radius 2 is 1.34 bits per heavy atom. The third kappa shape index (κ3) is 5.03. The Morgan fingerprint density at radius 3 is 1.94 bits per heavy atom. The summed E-state index contributed by atoms with van der Waals surface area (Å²) in [7, 11) is 1.77. The molecule has 4 aromatic rings. The molecule has 5 nitrogen and oxygen atoms in total. The van der Waals surface area contributed by atoms with Gasteiger partial charge < -0.3 is 4.90 Å². The molecule has 0 aliphatic carbocycles. The zero-order valence-corrected chi connectivity index (χ0v) is 19.1. The Morgan fingerprint density at radius 1 is 0.781 bits per heavy atom. The molecular formula is C26H24N4OS. The number of hydrogen-bond donors (Lipinski definition) is 0. The van der Waals surface area contributed by atoms with Crippen molar-refractivity contribution in [3.8, 4) is 22.5 Å². The van der Waals surface area contributed by atoms with E-state index in [4.69, 9.17) is 4.98 Å². The topological polar surface area (TPSA) is 59.0 Å².